The molecule has 1 aliphatic rings. The molecule has 2 rings (SSSR count). The molecule has 0 aromatic heterocycles. The van der Waals surface area contributed by atoms with Crippen molar-refractivity contribution in [1.82, 2.24) is 5.32 Å². The Morgan fingerprint density at radius 3 is 2.84 bits per heavy atom. The topological polar surface area (TPSA) is 32.3 Å². The average Bonchev–Trinajstić information content (AvgIpc) is 2.63. The van der Waals surface area contributed by atoms with E-state index in [1.165, 1.54) is 11.1 Å². The summed E-state index contributed by atoms with van der Waals surface area (Å²) in [5, 5.41) is 3.43. The summed E-state index contributed by atoms with van der Waals surface area (Å²) in [7, 11) is 0. The van der Waals surface area contributed by atoms with Crippen LogP contribution in [-0.2, 0) is 17.6 Å². The molecule has 3 nitrogen and oxygen atoms in total. The molecule has 1 amide bonds. The van der Waals surface area contributed by atoms with Crippen molar-refractivity contribution >= 4 is 11.6 Å². The van der Waals surface area contributed by atoms with Crippen molar-refractivity contribution in [2.45, 2.75) is 52.6 Å². The second-order valence-corrected chi connectivity index (χ2v) is 5.76. The molecule has 0 radical (unpaired) electrons. The Balaban J connectivity index is 2.09. The van der Waals surface area contributed by atoms with Gasteiger partial charge in [-0.15, -0.1) is 0 Å². The smallest absolute Gasteiger partial charge is 0.224 e. The van der Waals surface area contributed by atoms with Crippen LogP contribution in [0.4, 0.5) is 5.69 Å². The molecule has 1 aromatic carbocycles. The van der Waals surface area contributed by atoms with Gasteiger partial charge < -0.3 is 10.2 Å². The van der Waals surface area contributed by atoms with Crippen LogP contribution in [0.2, 0.25) is 0 Å². The van der Waals surface area contributed by atoms with E-state index in [9.17, 15) is 4.79 Å². The lowest BCUT2D eigenvalue weighted by molar-refractivity contribution is -0.116. The monoisotopic (exact) mass is 260 g/mol. The molecule has 0 fully saturated rings. The van der Waals surface area contributed by atoms with Gasteiger partial charge in [-0.2, -0.15) is 0 Å². The summed E-state index contributed by atoms with van der Waals surface area (Å²) in [6.45, 7) is 9.08. The number of carbonyl (C=O) groups excluding carboxylic acids is 1. The Hall–Kier alpha value is -1.35. The minimum atomic E-state index is 0.139. The van der Waals surface area contributed by atoms with Crippen LogP contribution in [0.25, 0.3) is 0 Å². The van der Waals surface area contributed by atoms with Gasteiger partial charge in [0.2, 0.25) is 5.91 Å². The van der Waals surface area contributed by atoms with Gasteiger partial charge in [-0.05, 0) is 43.5 Å². The van der Waals surface area contributed by atoms with E-state index in [0.717, 1.165) is 25.1 Å². The fraction of sp³-hybridized carbons (Fsp3) is 0.562. The quantitative estimate of drug-likeness (QED) is 0.902. The summed E-state index contributed by atoms with van der Waals surface area (Å²) in [5.74, 6) is 0.139. The zero-order valence-electron chi connectivity index (χ0n) is 12.4. The Kier molecular flexibility index (Phi) is 4.25. The van der Waals surface area contributed by atoms with E-state index in [1.54, 1.807) is 6.92 Å². The van der Waals surface area contributed by atoms with Crippen LogP contribution in [0.3, 0.4) is 0 Å². The molecule has 104 valence electrons. The Morgan fingerprint density at radius 2 is 2.21 bits per heavy atom. The van der Waals surface area contributed by atoms with Gasteiger partial charge in [-0.3, -0.25) is 4.79 Å². The molecule has 0 saturated heterocycles. The molecule has 3 heteroatoms. The first-order chi connectivity index (χ1) is 8.99. The predicted octanol–water partition coefficient (Wildman–Crippen LogP) is 2.52. The third kappa shape index (κ3) is 3.16. The minimum absolute atomic E-state index is 0.139. The maximum atomic E-state index is 11.7. The molecule has 1 aromatic rings. The lowest BCUT2D eigenvalue weighted by atomic mass is 10.0. The third-order valence-electron chi connectivity index (χ3n) is 3.67. The number of carbonyl (C=O) groups is 1. The van der Waals surface area contributed by atoms with Crippen LogP contribution in [-0.4, -0.2) is 24.5 Å². The van der Waals surface area contributed by atoms with Crippen LogP contribution in [0.5, 0.6) is 0 Å². The van der Waals surface area contributed by atoms with E-state index in [1.807, 2.05) is 4.90 Å². The van der Waals surface area contributed by atoms with E-state index in [4.69, 9.17) is 0 Å². The van der Waals surface area contributed by atoms with Crippen molar-refractivity contribution in [2.75, 3.05) is 11.4 Å². The summed E-state index contributed by atoms with van der Waals surface area (Å²) in [6.07, 6.45) is 2.01. The molecule has 1 heterocycles. The van der Waals surface area contributed by atoms with Crippen LogP contribution in [0, 0.1) is 0 Å². The molecule has 0 spiro atoms. The molecule has 0 saturated carbocycles. The van der Waals surface area contributed by atoms with Gasteiger partial charge in [-0.25, -0.2) is 0 Å². The van der Waals surface area contributed by atoms with Crippen molar-refractivity contribution in [2.24, 2.45) is 0 Å². The molecule has 1 aliphatic heterocycles. The summed E-state index contributed by atoms with van der Waals surface area (Å²) in [4.78, 5) is 13.6. The maximum absolute atomic E-state index is 11.7. The highest BCUT2D eigenvalue weighted by molar-refractivity contribution is 5.94. The second kappa shape index (κ2) is 5.74. The molecular formula is C16H24N2O. The average molecular weight is 260 g/mol. The lowest BCUT2D eigenvalue weighted by Gasteiger charge is -2.20. The van der Waals surface area contributed by atoms with E-state index < -0.39 is 0 Å². The van der Waals surface area contributed by atoms with E-state index in [0.29, 0.717) is 6.04 Å². The van der Waals surface area contributed by atoms with Crippen molar-refractivity contribution in [3.05, 3.63) is 29.3 Å². The van der Waals surface area contributed by atoms with E-state index in [2.05, 4.69) is 44.3 Å². The summed E-state index contributed by atoms with van der Waals surface area (Å²) < 4.78 is 0. The molecular weight excluding hydrogens is 236 g/mol. The highest BCUT2D eigenvalue weighted by atomic mass is 16.2. The first-order valence-electron chi connectivity index (χ1n) is 7.14. The number of nitrogens with one attached hydrogen (secondary N) is 1. The number of benzene rings is 1. The fourth-order valence-electron chi connectivity index (χ4n) is 2.83. The fourth-order valence-corrected chi connectivity index (χ4v) is 2.83. The molecule has 1 atom stereocenters. The van der Waals surface area contributed by atoms with Gasteiger partial charge in [0.15, 0.2) is 0 Å². The van der Waals surface area contributed by atoms with Gasteiger partial charge in [0.25, 0.3) is 0 Å². The van der Waals surface area contributed by atoms with Gasteiger partial charge in [0, 0.05) is 24.7 Å². The molecule has 0 bridgehead atoms. The highest BCUT2D eigenvalue weighted by Crippen LogP contribution is 2.32. The molecule has 19 heavy (non-hydrogen) atoms. The van der Waals surface area contributed by atoms with Gasteiger partial charge in [0.05, 0.1) is 0 Å². The molecule has 0 aliphatic carbocycles. The Labute approximate surface area is 116 Å². The SMILES string of the molecule is CC(=O)N1c2ccc(CCNC(C)C)cc2CC1C. The van der Waals surface area contributed by atoms with Crippen LogP contribution in [0.15, 0.2) is 18.2 Å². The van der Waals surface area contributed by atoms with Gasteiger partial charge >= 0.3 is 0 Å². The number of hydrogen-bond acceptors (Lipinski definition) is 2. The van der Waals surface area contributed by atoms with Crippen LogP contribution < -0.4 is 10.2 Å². The summed E-state index contributed by atoms with van der Waals surface area (Å²) in [5.41, 5.74) is 3.76. The van der Waals surface area contributed by atoms with Crippen molar-refractivity contribution in [3.8, 4) is 0 Å². The first-order valence-corrected chi connectivity index (χ1v) is 7.14. The van der Waals surface area contributed by atoms with Gasteiger partial charge in [-0.1, -0.05) is 26.0 Å². The first kappa shape index (κ1) is 14.1. The predicted molar refractivity (Wildman–Crippen MR) is 79.6 cm³/mol. The summed E-state index contributed by atoms with van der Waals surface area (Å²) >= 11 is 0. The zero-order chi connectivity index (χ0) is 14.0. The number of fused-ring (bicyclic) bond motifs is 1. The Morgan fingerprint density at radius 1 is 1.47 bits per heavy atom. The third-order valence-corrected chi connectivity index (χ3v) is 3.67. The highest BCUT2D eigenvalue weighted by Gasteiger charge is 2.28. The largest absolute Gasteiger partial charge is 0.314 e. The molecule has 1 unspecified atom stereocenters. The van der Waals surface area contributed by atoms with Crippen LogP contribution >= 0.6 is 0 Å². The van der Waals surface area contributed by atoms with Crippen molar-refractivity contribution in [1.29, 1.82) is 0 Å². The van der Waals surface area contributed by atoms with Crippen molar-refractivity contribution in [3.63, 3.8) is 0 Å². The number of amides is 1. The maximum Gasteiger partial charge on any atom is 0.224 e. The van der Waals surface area contributed by atoms with E-state index >= 15 is 0 Å². The van der Waals surface area contributed by atoms with Gasteiger partial charge in [0.1, 0.15) is 0 Å². The number of rotatable bonds is 4. The zero-order valence-corrected chi connectivity index (χ0v) is 12.4. The standard InChI is InChI=1S/C16H24N2O/c1-11(2)17-8-7-14-5-6-16-15(10-14)9-12(3)18(16)13(4)19/h5-6,10-12,17H,7-9H2,1-4H3. The lowest BCUT2D eigenvalue weighted by Crippen LogP contribution is -2.33. The molecule has 1 N–H and O–H groups in total. The summed E-state index contributed by atoms with van der Waals surface area (Å²) in [6, 6.07) is 7.33. The minimum Gasteiger partial charge on any atom is -0.314 e. The number of anilines is 1. The number of nitrogens with zero attached hydrogens (tertiary/aromatic N) is 1. The van der Waals surface area contributed by atoms with E-state index in [-0.39, 0.29) is 11.9 Å². The van der Waals surface area contributed by atoms with Crippen LogP contribution in [0.1, 0.15) is 38.8 Å². The van der Waals surface area contributed by atoms with Crippen molar-refractivity contribution < 1.29 is 4.79 Å². The Bertz CT molecular complexity index is 468. The number of hydrogen-bond donors (Lipinski definition) is 1. The normalized spacial score (nSPS) is 17.9. The second-order valence-electron chi connectivity index (χ2n) is 5.76.